The Hall–Kier alpha value is -1.07. The van der Waals surface area contributed by atoms with E-state index >= 15 is 0 Å². The molecule has 0 saturated heterocycles. The first-order chi connectivity index (χ1) is 7.59. The van der Waals surface area contributed by atoms with Crippen molar-refractivity contribution in [1.82, 2.24) is 5.32 Å². The lowest BCUT2D eigenvalue weighted by Gasteiger charge is -2.16. The quantitative estimate of drug-likeness (QED) is 0.807. The Balaban J connectivity index is 2.06. The normalized spacial score (nSPS) is 16.8. The molecule has 6 heteroatoms. The summed E-state index contributed by atoms with van der Waals surface area (Å²) in [5.74, 6) is 0.0653. The highest BCUT2D eigenvalue weighted by Crippen LogP contribution is 2.33. The molecule has 1 amide bonds. The van der Waals surface area contributed by atoms with E-state index in [-0.39, 0.29) is 17.2 Å². The van der Waals surface area contributed by atoms with Gasteiger partial charge in [-0.05, 0) is 36.4 Å². The van der Waals surface area contributed by atoms with E-state index in [2.05, 4.69) is 5.32 Å². The van der Waals surface area contributed by atoms with Crippen molar-refractivity contribution in [2.75, 3.05) is 0 Å². The lowest BCUT2D eigenvalue weighted by molar-refractivity contribution is 0.0943. The van der Waals surface area contributed by atoms with Crippen LogP contribution in [0.5, 0.6) is 0 Å². The van der Waals surface area contributed by atoms with E-state index in [0.717, 1.165) is 12.8 Å². The minimum atomic E-state index is -0.302. The van der Waals surface area contributed by atoms with E-state index < -0.39 is 0 Å². The number of hydrogen-bond donors (Lipinski definition) is 2. The summed E-state index contributed by atoms with van der Waals surface area (Å²) in [6.45, 7) is 0. The van der Waals surface area contributed by atoms with Crippen LogP contribution in [0.15, 0.2) is 16.7 Å². The van der Waals surface area contributed by atoms with E-state index in [0.29, 0.717) is 16.5 Å². The van der Waals surface area contributed by atoms with Crippen LogP contribution in [0.1, 0.15) is 23.2 Å². The molecule has 1 aliphatic carbocycles. The van der Waals surface area contributed by atoms with Gasteiger partial charge in [0.25, 0.3) is 5.91 Å². The number of amides is 1. The Kier molecular flexibility index (Phi) is 3.16. The second kappa shape index (κ2) is 4.43. The Morgan fingerprint density at radius 2 is 2.38 bits per heavy atom. The first-order valence-corrected chi connectivity index (χ1v) is 5.71. The molecule has 1 saturated carbocycles. The average Bonchev–Trinajstić information content (AvgIpc) is 2.96. The van der Waals surface area contributed by atoms with E-state index in [1.165, 1.54) is 12.3 Å². The number of nitrogens with one attached hydrogen (secondary N) is 1. The molecule has 0 aromatic carbocycles. The molecular weight excluding hydrogens is 248 g/mol. The van der Waals surface area contributed by atoms with Gasteiger partial charge in [-0.3, -0.25) is 4.79 Å². The van der Waals surface area contributed by atoms with E-state index in [9.17, 15) is 4.79 Å². The maximum Gasteiger partial charge on any atom is 0.256 e. The average molecular weight is 259 g/mol. The molecule has 3 N–H and O–H groups in total. The minimum Gasteiger partial charge on any atom is -0.452 e. The molecule has 1 aromatic heterocycles. The van der Waals surface area contributed by atoms with Crippen LogP contribution in [0, 0.1) is 5.92 Å². The third-order valence-corrected chi connectivity index (χ3v) is 3.10. The van der Waals surface area contributed by atoms with Crippen molar-refractivity contribution >= 4 is 34.7 Å². The number of thiocarbonyl (C=S) groups is 1. The zero-order chi connectivity index (χ0) is 11.7. The highest BCUT2D eigenvalue weighted by molar-refractivity contribution is 7.80. The van der Waals surface area contributed by atoms with Gasteiger partial charge >= 0.3 is 0 Å². The van der Waals surface area contributed by atoms with Crippen molar-refractivity contribution in [3.05, 3.63) is 23.1 Å². The number of furan rings is 1. The molecule has 86 valence electrons. The van der Waals surface area contributed by atoms with Crippen molar-refractivity contribution in [1.29, 1.82) is 0 Å². The van der Waals surface area contributed by atoms with E-state index in [4.69, 9.17) is 34.0 Å². The van der Waals surface area contributed by atoms with Crippen LogP contribution < -0.4 is 11.1 Å². The molecular formula is C10H11ClN2O2S. The summed E-state index contributed by atoms with van der Waals surface area (Å²) < 4.78 is 4.84. The van der Waals surface area contributed by atoms with Crippen molar-refractivity contribution in [3.63, 3.8) is 0 Å². The number of nitrogens with two attached hydrogens (primary N) is 1. The smallest absolute Gasteiger partial charge is 0.256 e. The molecule has 16 heavy (non-hydrogen) atoms. The van der Waals surface area contributed by atoms with Crippen LogP contribution in [0.3, 0.4) is 0 Å². The van der Waals surface area contributed by atoms with Crippen LogP contribution in [0.4, 0.5) is 0 Å². The fourth-order valence-electron chi connectivity index (χ4n) is 1.53. The Morgan fingerprint density at radius 1 is 1.69 bits per heavy atom. The molecule has 1 unspecified atom stereocenters. The van der Waals surface area contributed by atoms with Crippen molar-refractivity contribution in [3.8, 4) is 0 Å². The first kappa shape index (κ1) is 11.4. The zero-order valence-corrected chi connectivity index (χ0v) is 9.98. The highest BCUT2D eigenvalue weighted by Gasteiger charge is 2.34. The molecule has 1 fully saturated rings. The second-order valence-electron chi connectivity index (χ2n) is 3.80. The molecule has 1 aliphatic rings. The van der Waals surface area contributed by atoms with E-state index in [1.807, 2.05) is 0 Å². The summed E-state index contributed by atoms with van der Waals surface area (Å²) in [4.78, 5) is 12.1. The minimum absolute atomic E-state index is 0.0787. The second-order valence-corrected chi connectivity index (χ2v) is 4.61. The van der Waals surface area contributed by atoms with Gasteiger partial charge in [0.15, 0.2) is 0 Å². The fourth-order valence-corrected chi connectivity index (χ4v) is 1.98. The maximum atomic E-state index is 11.8. The Labute approximate surface area is 103 Å². The molecule has 0 bridgehead atoms. The third kappa shape index (κ3) is 2.36. The predicted octanol–water partition coefficient (Wildman–Crippen LogP) is 1.73. The number of rotatable bonds is 4. The summed E-state index contributed by atoms with van der Waals surface area (Å²) in [7, 11) is 0. The van der Waals surface area contributed by atoms with Crippen molar-refractivity contribution in [2.24, 2.45) is 11.7 Å². The molecule has 1 heterocycles. The van der Waals surface area contributed by atoms with E-state index in [1.54, 1.807) is 0 Å². The maximum absolute atomic E-state index is 11.8. The van der Waals surface area contributed by atoms with Crippen LogP contribution in [-0.4, -0.2) is 16.9 Å². The molecule has 2 rings (SSSR count). The Bertz CT molecular complexity index is 428. The van der Waals surface area contributed by atoms with Gasteiger partial charge in [0.05, 0.1) is 22.9 Å². The standard InChI is InChI=1S/C10H11ClN2O2S/c11-8-6(3-4-15-8)10(14)13-7(9(12)16)5-1-2-5/h3-5,7H,1-2H2,(H2,12,16)(H,13,14). The highest BCUT2D eigenvalue weighted by atomic mass is 35.5. The van der Waals surface area contributed by atoms with Crippen molar-refractivity contribution < 1.29 is 9.21 Å². The van der Waals surface area contributed by atoms with Gasteiger partial charge in [0.2, 0.25) is 5.22 Å². The monoisotopic (exact) mass is 258 g/mol. The van der Waals surface area contributed by atoms with Gasteiger partial charge < -0.3 is 15.5 Å². The predicted molar refractivity (Wildman–Crippen MR) is 64.5 cm³/mol. The number of halogens is 1. The lowest BCUT2D eigenvalue weighted by Crippen LogP contribution is -2.45. The largest absolute Gasteiger partial charge is 0.452 e. The number of carbonyl (C=O) groups is 1. The van der Waals surface area contributed by atoms with Crippen LogP contribution in [0.2, 0.25) is 5.22 Å². The SMILES string of the molecule is NC(=S)C(NC(=O)c1ccoc1Cl)C1CC1. The summed E-state index contributed by atoms with van der Waals surface area (Å²) in [5.41, 5.74) is 5.89. The van der Waals surface area contributed by atoms with Crippen LogP contribution in [0.25, 0.3) is 0 Å². The van der Waals surface area contributed by atoms with Gasteiger partial charge in [-0.25, -0.2) is 0 Å². The first-order valence-electron chi connectivity index (χ1n) is 4.92. The van der Waals surface area contributed by atoms with Gasteiger partial charge in [-0.15, -0.1) is 0 Å². The topological polar surface area (TPSA) is 68.3 Å². The molecule has 0 radical (unpaired) electrons. The molecule has 1 atom stereocenters. The molecule has 1 aromatic rings. The Morgan fingerprint density at radius 3 is 2.81 bits per heavy atom. The number of carbonyl (C=O) groups excluding carboxylic acids is 1. The summed E-state index contributed by atoms with van der Waals surface area (Å²) in [6.07, 6.45) is 3.45. The molecule has 0 aliphatic heterocycles. The summed E-state index contributed by atoms with van der Waals surface area (Å²) in [5, 5.41) is 2.85. The summed E-state index contributed by atoms with van der Waals surface area (Å²) in [6, 6.07) is 1.27. The van der Waals surface area contributed by atoms with Gasteiger partial charge in [0.1, 0.15) is 0 Å². The van der Waals surface area contributed by atoms with Crippen molar-refractivity contribution in [2.45, 2.75) is 18.9 Å². The zero-order valence-electron chi connectivity index (χ0n) is 8.40. The molecule has 4 nitrogen and oxygen atoms in total. The van der Waals surface area contributed by atoms with Gasteiger partial charge in [-0.1, -0.05) is 12.2 Å². The molecule has 0 spiro atoms. The van der Waals surface area contributed by atoms with Crippen LogP contribution in [-0.2, 0) is 0 Å². The van der Waals surface area contributed by atoms with Gasteiger partial charge in [0, 0.05) is 0 Å². The third-order valence-electron chi connectivity index (χ3n) is 2.55. The van der Waals surface area contributed by atoms with Gasteiger partial charge in [-0.2, -0.15) is 0 Å². The fraction of sp³-hybridized carbons (Fsp3) is 0.400. The summed E-state index contributed by atoms with van der Waals surface area (Å²) >= 11 is 10.6. The number of hydrogen-bond acceptors (Lipinski definition) is 3. The van der Waals surface area contributed by atoms with Crippen LogP contribution >= 0.6 is 23.8 Å². The lowest BCUT2D eigenvalue weighted by atomic mass is 10.1.